The van der Waals surface area contributed by atoms with Crippen molar-refractivity contribution in [1.82, 2.24) is 0 Å². The molecule has 2 heterocycles. The lowest BCUT2D eigenvalue weighted by Crippen LogP contribution is -2.25. The van der Waals surface area contributed by atoms with Gasteiger partial charge in [-0.2, -0.15) is 5.26 Å². The van der Waals surface area contributed by atoms with Crippen LogP contribution in [0.5, 0.6) is 0 Å². The highest BCUT2D eigenvalue weighted by molar-refractivity contribution is 7.16. The fraction of sp³-hybridized carbons (Fsp3) is 0.364. The molecule has 1 unspecified atom stereocenters. The van der Waals surface area contributed by atoms with E-state index >= 15 is 0 Å². The van der Waals surface area contributed by atoms with Gasteiger partial charge in [0.1, 0.15) is 11.1 Å². The fourth-order valence-corrected chi connectivity index (χ4v) is 2.83. The molecule has 2 rings (SSSR count). The second-order valence-corrected chi connectivity index (χ2v) is 5.17. The van der Waals surface area contributed by atoms with Crippen LogP contribution in [0.4, 0.5) is 5.00 Å². The number of carbonyl (C=O) groups is 2. The summed E-state index contributed by atoms with van der Waals surface area (Å²) < 4.78 is 0. The zero-order chi connectivity index (χ0) is 12.6. The molecule has 0 spiro atoms. The summed E-state index contributed by atoms with van der Waals surface area (Å²) in [6.45, 7) is 2.01. The first kappa shape index (κ1) is 11.6. The number of carboxylic acids is 1. The summed E-state index contributed by atoms with van der Waals surface area (Å²) >= 11 is 1.34. The number of anilines is 1. The topological polar surface area (TPSA) is 81.4 Å². The Morgan fingerprint density at radius 1 is 1.71 bits per heavy atom. The van der Waals surface area contributed by atoms with Crippen molar-refractivity contribution in [3.63, 3.8) is 0 Å². The van der Waals surface area contributed by atoms with E-state index in [2.05, 4.69) is 0 Å². The van der Waals surface area contributed by atoms with Crippen molar-refractivity contribution in [3.05, 3.63) is 16.5 Å². The molecule has 0 saturated carbocycles. The molecule has 1 aliphatic rings. The Labute approximate surface area is 102 Å². The van der Waals surface area contributed by atoms with Gasteiger partial charge >= 0.3 is 5.97 Å². The standard InChI is InChI=1S/C11H10N2O3S/c1-6-2-7(4-12)10(17-6)13-5-8(11(15)16)3-9(13)14/h2,8H,3,5H2,1H3,(H,15,16). The molecule has 1 atom stereocenters. The number of hydrogen-bond acceptors (Lipinski definition) is 4. The molecule has 88 valence electrons. The number of aliphatic carboxylic acids is 1. The smallest absolute Gasteiger partial charge is 0.308 e. The zero-order valence-corrected chi connectivity index (χ0v) is 9.95. The summed E-state index contributed by atoms with van der Waals surface area (Å²) in [7, 11) is 0. The van der Waals surface area contributed by atoms with Gasteiger partial charge in [-0.25, -0.2) is 0 Å². The molecule has 17 heavy (non-hydrogen) atoms. The SMILES string of the molecule is Cc1cc(C#N)c(N2CC(C(=O)O)CC2=O)s1. The maximum Gasteiger partial charge on any atom is 0.308 e. The number of nitrogens with zero attached hydrogens (tertiary/aromatic N) is 2. The maximum absolute atomic E-state index is 11.7. The molecule has 1 aromatic rings. The fourth-order valence-electron chi connectivity index (χ4n) is 1.85. The minimum Gasteiger partial charge on any atom is -0.481 e. The number of nitriles is 1. The normalized spacial score (nSPS) is 19.4. The van der Waals surface area contributed by atoms with Gasteiger partial charge in [-0.1, -0.05) is 0 Å². The molecule has 5 nitrogen and oxygen atoms in total. The predicted molar refractivity (Wildman–Crippen MR) is 61.9 cm³/mol. The van der Waals surface area contributed by atoms with Gasteiger partial charge in [-0.15, -0.1) is 11.3 Å². The average molecular weight is 250 g/mol. The Morgan fingerprint density at radius 3 is 2.94 bits per heavy atom. The number of amides is 1. The summed E-state index contributed by atoms with van der Waals surface area (Å²) in [6, 6.07) is 3.74. The molecule has 0 aromatic carbocycles. The lowest BCUT2D eigenvalue weighted by molar-refractivity contribution is -0.141. The average Bonchev–Trinajstić information content (AvgIpc) is 2.81. The van der Waals surface area contributed by atoms with Crippen molar-refractivity contribution >= 4 is 28.2 Å². The van der Waals surface area contributed by atoms with Crippen LogP contribution >= 0.6 is 11.3 Å². The Bertz CT molecular complexity index is 529. The maximum atomic E-state index is 11.7. The van der Waals surface area contributed by atoms with Gasteiger partial charge in [-0.05, 0) is 13.0 Å². The third-order valence-corrected chi connectivity index (χ3v) is 3.75. The minimum atomic E-state index is -0.965. The largest absolute Gasteiger partial charge is 0.481 e. The molecular formula is C11H10N2O3S. The summed E-state index contributed by atoms with van der Waals surface area (Å²) in [5.74, 6) is -1.86. The van der Waals surface area contributed by atoms with Crippen LogP contribution in [0.3, 0.4) is 0 Å². The third-order valence-electron chi connectivity index (χ3n) is 2.68. The van der Waals surface area contributed by atoms with E-state index in [9.17, 15) is 9.59 Å². The number of thiophene rings is 1. The van der Waals surface area contributed by atoms with Gasteiger partial charge in [0.25, 0.3) is 0 Å². The molecular weight excluding hydrogens is 240 g/mol. The van der Waals surface area contributed by atoms with Crippen LogP contribution in [0, 0.1) is 24.2 Å². The minimum absolute atomic E-state index is 0.0111. The second-order valence-electron chi connectivity index (χ2n) is 3.93. The summed E-state index contributed by atoms with van der Waals surface area (Å²) in [5, 5.41) is 18.4. The van der Waals surface area contributed by atoms with Gasteiger partial charge in [0.15, 0.2) is 0 Å². The number of rotatable bonds is 2. The number of carboxylic acid groups (broad SMARTS) is 1. The molecule has 1 fully saturated rings. The van der Waals surface area contributed by atoms with Crippen LogP contribution in [-0.2, 0) is 9.59 Å². The Kier molecular flexibility index (Phi) is 2.86. The van der Waals surface area contributed by atoms with Crippen molar-refractivity contribution in [2.75, 3.05) is 11.4 Å². The molecule has 0 radical (unpaired) electrons. The van der Waals surface area contributed by atoms with Gasteiger partial charge < -0.3 is 10.0 Å². The highest BCUT2D eigenvalue weighted by atomic mass is 32.1. The van der Waals surface area contributed by atoms with E-state index in [1.807, 2.05) is 13.0 Å². The summed E-state index contributed by atoms with van der Waals surface area (Å²) in [4.78, 5) is 24.9. The van der Waals surface area contributed by atoms with Gasteiger partial charge in [-0.3, -0.25) is 9.59 Å². The van der Waals surface area contributed by atoms with Crippen molar-refractivity contribution in [3.8, 4) is 6.07 Å². The molecule has 1 saturated heterocycles. The zero-order valence-electron chi connectivity index (χ0n) is 9.14. The quantitative estimate of drug-likeness (QED) is 0.859. The molecule has 1 aliphatic heterocycles. The van der Waals surface area contributed by atoms with E-state index in [1.165, 1.54) is 16.2 Å². The first-order valence-electron chi connectivity index (χ1n) is 5.06. The van der Waals surface area contributed by atoms with Crippen LogP contribution in [0.1, 0.15) is 16.9 Å². The Morgan fingerprint density at radius 2 is 2.41 bits per heavy atom. The van der Waals surface area contributed by atoms with Crippen LogP contribution < -0.4 is 4.90 Å². The summed E-state index contributed by atoms with van der Waals surface area (Å²) in [6.07, 6.45) is 0.0111. The molecule has 0 aliphatic carbocycles. The third kappa shape index (κ3) is 2.01. The van der Waals surface area contributed by atoms with E-state index < -0.39 is 11.9 Å². The Hall–Kier alpha value is -1.87. The lowest BCUT2D eigenvalue weighted by atomic mass is 10.1. The lowest BCUT2D eigenvalue weighted by Gasteiger charge is -2.13. The van der Waals surface area contributed by atoms with E-state index in [4.69, 9.17) is 10.4 Å². The van der Waals surface area contributed by atoms with Crippen LogP contribution in [0.15, 0.2) is 6.07 Å². The predicted octanol–water partition coefficient (Wildman–Crippen LogP) is 1.37. The first-order valence-corrected chi connectivity index (χ1v) is 5.88. The van der Waals surface area contributed by atoms with Crippen LogP contribution in [0.25, 0.3) is 0 Å². The molecule has 1 amide bonds. The Balaban J connectivity index is 2.32. The van der Waals surface area contributed by atoms with Crippen molar-refractivity contribution in [2.24, 2.45) is 5.92 Å². The highest BCUT2D eigenvalue weighted by Crippen LogP contribution is 2.34. The van der Waals surface area contributed by atoms with Crippen molar-refractivity contribution < 1.29 is 14.7 Å². The van der Waals surface area contributed by atoms with Gasteiger partial charge in [0.05, 0.1) is 11.5 Å². The summed E-state index contributed by atoms with van der Waals surface area (Å²) in [5.41, 5.74) is 0.437. The van der Waals surface area contributed by atoms with Gasteiger partial charge in [0, 0.05) is 17.8 Å². The molecule has 0 bridgehead atoms. The number of aryl methyl sites for hydroxylation is 1. The van der Waals surface area contributed by atoms with E-state index in [0.717, 1.165) is 4.88 Å². The van der Waals surface area contributed by atoms with E-state index in [1.54, 1.807) is 6.07 Å². The van der Waals surface area contributed by atoms with Gasteiger partial charge in [0.2, 0.25) is 5.91 Å². The first-order chi connectivity index (χ1) is 8.02. The monoisotopic (exact) mass is 250 g/mol. The van der Waals surface area contributed by atoms with Crippen molar-refractivity contribution in [2.45, 2.75) is 13.3 Å². The van der Waals surface area contributed by atoms with E-state index in [-0.39, 0.29) is 18.9 Å². The number of carbonyl (C=O) groups excluding carboxylic acids is 1. The van der Waals surface area contributed by atoms with Crippen LogP contribution in [-0.4, -0.2) is 23.5 Å². The number of hydrogen-bond donors (Lipinski definition) is 1. The highest BCUT2D eigenvalue weighted by Gasteiger charge is 2.36. The second kappa shape index (κ2) is 4.18. The molecule has 1 N–H and O–H groups in total. The molecule has 1 aromatic heterocycles. The van der Waals surface area contributed by atoms with E-state index in [0.29, 0.717) is 10.6 Å². The van der Waals surface area contributed by atoms with Crippen molar-refractivity contribution in [1.29, 1.82) is 5.26 Å². The molecule has 6 heteroatoms. The van der Waals surface area contributed by atoms with Crippen LogP contribution in [0.2, 0.25) is 0 Å².